The van der Waals surface area contributed by atoms with Gasteiger partial charge in [-0.2, -0.15) is 0 Å². The molecule has 0 aliphatic heterocycles. The zero-order chi connectivity index (χ0) is 15.7. The lowest BCUT2D eigenvalue weighted by atomic mass is 9.90. The van der Waals surface area contributed by atoms with Crippen LogP contribution in [0.5, 0.6) is 0 Å². The molecule has 116 valence electrons. The Labute approximate surface area is 129 Å². The second-order valence-corrected chi connectivity index (χ2v) is 5.73. The maximum Gasteiger partial charge on any atom is 0.407 e. The Morgan fingerprint density at radius 3 is 2.95 bits per heavy atom. The van der Waals surface area contributed by atoms with Gasteiger partial charge in [0.15, 0.2) is 0 Å². The summed E-state index contributed by atoms with van der Waals surface area (Å²) in [5.41, 5.74) is 10.2. The van der Waals surface area contributed by atoms with Gasteiger partial charge in [0.25, 0.3) is 0 Å². The molecule has 4 N–H and O–H groups in total. The predicted octanol–water partition coefficient (Wildman–Crippen LogP) is 3.69. The molecule has 1 aromatic heterocycles. The number of nitrogen functional groups attached to an aromatic ring is 1. The maximum atomic E-state index is 11.2. The van der Waals surface area contributed by atoms with Gasteiger partial charge in [-0.15, -0.1) is 0 Å². The molecule has 0 spiro atoms. The fraction of sp³-hybridized carbons (Fsp3) is 0.353. The summed E-state index contributed by atoms with van der Waals surface area (Å²) in [6.07, 6.45) is 5.88. The van der Waals surface area contributed by atoms with Gasteiger partial charge in [-0.3, -0.25) is 0 Å². The lowest BCUT2D eigenvalue weighted by Crippen LogP contribution is -2.39. The number of hydrogen-bond donors (Lipinski definition) is 3. The highest BCUT2D eigenvalue weighted by Gasteiger charge is 2.24. The Morgan fingerprint density at radius 1 is 1.50 bits per heavy atom. The molecule has 5 heteroatoms. The highest BCUT2D eigenvalue weighted by molar-refractivity contribution is 5.94. The van der Waals surface area contributed by atoms with Gasteiger partial charge in [-0.25, -0.2) is 4.79 Å². The van der Waals surface area contributed by atoms with Crippen molar-refractivity contribution < 1.29 is 9.90 Å². The fourth-order valence-corrected chi connectivity index (χ4v) is 3.30. The van der Waals surface area contributed by atoms with Gasteiger partial charge < -0.3 is 20.7 Å². The standard InChI is InChI=1S/C17H21N3O2/c1-2-20(17(21)22)13-6-3-11(4-7-13)15-10-19-16-8-5-12(18)9-14(15)16/h3,5,8-10,13,19H,2,4,6-7,18H2,1H3,(H,21,22). The van der Waals surface area contributed by atoms with Crippen LogP contribution in [0.25, 0.3) is 16.5 Å². The number of aromatic nitrogens is 1. The number of hydrogen-bond acceptors (Lipinski definition) is 2. The number of rotatable bonds is 3. The van der Waals surface area contributed by atoms with E-state index < -0.39 is 6.09 Å². The second-order valence-electron chi connectivity index (χ2n) is 5.73. The van der Waals surface area contributed by atoms with Crippen LogP contribution in [0.1, 0.15) is 31.7 Å². The molecule has 22 heavy (non-hydrogen) atoms. The molecule has 1 aromatic carbocycles. The Morgan fingerprint density at radius 2 is 2.32 bits per heavy atom. The molecular weight excluding hydrogens is 278 g/mol. The number of carbonyl (C=O) groups is 1. The highest BCUT2D eigenvalue weighted by Crippen LogP contribution is 2.34. The van der Waals surface area contributed by atoms with Crippen molar-refractivity contribution in [2.24, 2.45) is 0 Å². The number of allylic oxidation sites excluding steroid dienone is 1. The van der Waals surface area contributed by atoms with E-state index >= 15 is 0 Å². The summed E-state index contributed by atoms with van der Waals surface area (Å²) in [6, 6.07) is 5.95. The molecule has 2 aromatic rings. The molecule has 3 rings (SSSR count). The summed E-state index contributed by atoms with van der Waals surface area (Å²) >= 11 is 0. The van der Waals surface area contributed by atoms with Crippen LogP contribution in [0.3, 0.4) is 0 Å². The third-order valence-corrected chi connectivity index (χ3v) is 4.46. The third kappa shape index (κ3) is 2.54. The largest absolute Gasteiger partial charge is 0.465 e. The van der Waals surface area contributed by atoms with Crippen molar-refractivity contribution in [1.29, 1.82) is 0 Å². The zero-order valence-electron chi connectivity index (χ0n) is 12.7. The summed E-state index contributed by atoms with van der Waals surface area (Å²) in [4.78, 5) is 16.0. The van der Waals surface area contributed by atoms with Crippen molar-refractivity contribution in [3.63, 3.8) is 0 Å². The first-order valence-electron chi connectivity index (χ1n) is 7.65. The van der Waals surface area contributed by atoms with Crippen molar-refractivity contribution in [1.82, 2.24) is 9.88 Å². The van der Waals surface area contributed by atoms with Crippen LogP contribution in [0.2, 0.25) is 0 Å². The first kappa shape index (κ1) is 14.5. The van der Waals surface area contributed by atoms with E-state index in [0.29, 0.717) is 6.54 Å². The topological polar surface area (TPSA) is 82.4 Å². The Kier molecular flexibility index (Phi) is 3.79. The normalized spacial score (nSPS) is 18.2. The summed E-state index contributed by atoms with van der Waals surface area (Å²) in [5.74, 6) is 0. The van der Waals surface area contributed by atoms with Gasteiger partial charge >= 0.3 is 6.09 Å². The number of anilines is 1. The van der Waals surface area contributed by atoms with Crippen LogP contribution in [0.15, 0.2) is 30.5 Å². The Bertz CT molecular complexity index is 733. The van der Waals surface area contributed by atoms with E-state index in [2.05, 4.69) is 11.1 Å². The molecule has 1 amide bonds. The molecule has 1 atom stereocenters. The van der Waals surface area contributed by atoms with Crippen molar-refractivity contribution in [3.05, 3.63) is 36.0 Å². The number of carboxylic acid groups (broad SMARTS) is 1. The minimum atomic E-state index is -0.829. The summed E-state index contributed by atoms with van der Waals surface area (Å²) in [5, 5.41) is 10.4. The number of nitrogens with one attached hydrogen (secondary N) is 1. The molecule has 0 fully saturated rings. The van der Waals surface area contributed by atoms with Gasteiger partial charge in [-0.05, 0) is 50.0 Å². The van der Waals surface area contributed by atoms with Crippen LogP contribution >= 0.6 is 0 Å². The van der Waals surface area contributed by atoms with Crippen molar-refractivity contribution in [2.75, 3.05) is 12.3 Å². The van der Waals surface area contributed by atoms with Crippen LogP contribution in [0.4, 0.5) is 10.5 Å². The Hall–Kier alpha value is -2.43. The van der Waals surface area contributed by atoms with Crippen LogP contribution in [0, 0.1) is 0 Å². The van der Waals surface area contributed by atoms with E-state index in [9.17, 15) is 9.90 Å². The SMILES string of the molecule is CCN(C(=O)O)C1CC=C(c2c[nH]c3ccc(N)cc23)CC1. The highest BCUT2D eigenvalue weighted by atomic mass is 16.4. The monoisotopic (exact) mass is 299 g/mol. The van der Waals surface area contributed by atoms with Crippen molar-refractivity contribution in [3.8, 4) is 0 Å². The van der Waals surface area contributed by atoms with Gasteiger partial charge in [0.1, 0.15) is 0 Å². The van der Waals surface area contributed by atoms with E-state index in [1.807, 2.05) is 31.3 Å². The predicted molar refractivity (Wildman–Crippen MR) is 88.7 cm³/mol. The van der Waals surface area contributed by atoms with E-state index in [1.54, 1.807) is 0 Å². The number of nitrogens with zero attached hydrogens (tertiary/aromatic N) is 1. The summed E-state index contributed by atoms with van der Waals surface area (Å²) < 4.78 is 0. The Balaban J connectivity index is 1.86. The molecule has 0 bridgehead atoms. The second kappa shape index (κ2) is 5.75. The number of nitrogens with two attached hydrogens (primary N) is 1. The third-order valence-electron chi connectivity index (χ3n) is 4.46. The molecular formula is C17H21N3O2. The average molecular weight is 299 g/mol. The van der Waals surface area contributed by atoms with Crippen LogP contribution < -0.4 is 5.73 Å². The fourth-order valence-electron chi connectivity index (χ4n) is 3.30. The average Bonchev–Trinajstić information content (AvgIpc) is 2.91. The number of fused-ring (bicyclic) bond motifs is 1. The van der Waals surface area contributed by atoms with E-state index in [0.717, 1.165) is 35.9 Å². The lowest BCUT2D eigenvalue weighted by Gasteiger charge is -2.30. The van der Waals surface area contributed by atoms with Gasteiger partial charge in [-0.1, -0.05) is 6.08 Å². The number of aromatic amines is 1. The maximum absolute atomic E-state index is 11.2. The molecule has 1 aliphatic rings. The van der Waals surface area contributed by atoms with Crippen LogP contribution in [-0.2, 0) is 0 Å². The van der Waals surface area contributed by atoms with Crippen molar-refractivity contribution in [2.45, 2.75) is 32.2 Å². The molecule has 0 radical (unpaired) electrons. The smallest absolute Gasteiger partial charge is 0.407 e. The number of H-pyrrole nitrogens is 1. The molecule has 1 aliphatic carbocycles. The lowest BCUT2D eigenvalue weighted by molar-refractivity contribution is 0.124. The summed E-state index contributed by atoms with van der Waals surface area (Å²) in [7, 11) is 0. The molecule has 1 heterocycles. The molecule has 1 unspecified atom stereocenters. The van der Waals surface area contributed by atoms with Gasteiger partial charge in [0.2, 0.25) is 0 Å². The van der Waals surface area contributed by atoms with Crippen molar-refractivity contribution >= 4 is 28.3 Å². The first-order chi connectivity index (χ1) is 10.6. The minimum absolute atomic E-state index is 0.0847. The minimum Gasteiger partial charge on any atom is -0.465 e. The van der Waals surface area contributed by atoms with E-state index in [1.165, 1.54) is 16.0 Å². The number of benzene rings is 1. The molecule has 0 saturated carbocycles. The summed E-state index contributed by atoms with van der Waals surface area (Å²) in [6.45, 7) is 2.42. The van der Waals surface area contributed by atoms with Gasteiger partial charge in [0.05, 0.1) is 0 Å². The zero-order valence-corrected chi connectivity index (χ0v) is 12.7. The van der Waals surface area contributed by atoms with Gasteiger partial charge in [0, 0.05) is 40.9 Å². The van der Waals surface area contributed by atoms with E-state index in [-0.39, 0.29) is 6.04 Å². The molecule has 5 nitrogen and oxygen atoms in total. The first-order valence-corrected chi connectivity index (χ1v) is 7.65. The molecule has 0 saturated heterocycles. The van der Waals surface area contributed by atoms with E-state index in [4.69, 9.17) is 5.73 Å². The number of amides is 1. The quantitative estimate of drug-likeness (QED) is 0.756. The van der Waals surface area contributed by atoms with Crippen LogP contribution in [-0.4, -0.2) is 33.7 Å².